The van der Waals surface area contributed by atoms with Gasteiger partial charge in [-0.25, -0.2) is 4.79 Å². The molecule has 28 heavy (non-hydrogen) atoms. The first-order valence-electron chi connectivity index (χ1n) is 10.4. The quantitative estimate of drug-likeness (QED) is 0.526. The molecule has 1 amide bonds. The minimum absolute atomic E-state index is 0.113. The Hall–Kier alpha value is -1.15. The molecule has 0 radical (unpaired) electrons. The summed E-state index contributed by atoms with van der Waals surface area (Å²) < 4.78 is 28.9. The number of morpholine rings is 1. The van der Waals surface area contributed by atoms with Crippen molar-refractivity contribution in [3.63, 3.8) is 0 Å². The van der Waals surface area contributed by atoms with Crippen molar-refractivity contribution >= 4 is 6.09 Å². The van der Waals surface area contributed by atoms with Crippen LogP contribution in [0.15, 0.2) is 11.6 Å². The molecule has 6 unspecified atom stereocenters. The molecular formula is C21H33NO6. The monoisotopic (exact) mass is 395 g/mol. The van der Waals surface area contributed by atoms with E-state index >= 15 is 0 Å². The summed E-state index contributed by atoms with van der Waals surface area (Å²) in [7, 11) is 1.69. The van der Waals surface area contributed by atoms with E-state index in [9.17, 15) is 4.79 Å². The fourth-order valence-corrected chi connectivity index (χ4v) is 4.97. The molecule has 7 nitrogen and oxygen atoms in total. The SMILES string of the molecule is COC1OC12CCC(OC(=O)N1CCOCC1)CC2C1(C)OC1CC=C(C)C. The van der Waals surface area contributed by atoms with E-state index < -0.39 is 0 Å². The number of nitrogens with zero attached hydrogens (tertiary/aromatic N) is 1. The number of hydrogen-bond acceptors (Lipinski definition) is 6. The number of epoxide rings is 2. The Kier molecular flexibility index (Phi) is 5.46. The molecule has 4 fully saturated rings. The molecule has 0 bridgehead atoms. The fourth-order valence-electron chi connectivity index (χ4n) is 4.97. The summed E-state index contributed by atoms with van der Waals surface area (Å²) in [4.78, 5) is 14.3. The molecule has 3 saturated heterocycles. The third-order valence-electron chi connectivity index (χ3n) is 6.77. The number of rotatable bonds is 5. The molecule has 1 spiro atoms. The Morgan fingerprint density at radius 1 is 1.25 bits per heavy atom. The normalized spacial score (nSPS) is 42.2. The zero-order chi connectivity index (χ0) is 19.9. The lowest BCUT2D eigenvalue weighted by Crippen LogP contribution is -2.48. The lowest BCUT2D eigenvalue weighted by molar-refractivity contribution is -0.0240. The van der Waals surface area contributed by atoms with Gasteiger partial charge in [0, 0.05) is 26.1 Å². The highest BCUT2D eigenvalue weighted by Gasteiger charge is 2.73. The number of carbonyl (C=O) groups is 1. The maximum absolute atomic E-state index is 12.5. The zero-order valence-electron chi connectivity index (χ0n) is 17.4. The van der Waals surface area contributed by atoms with Crippen LogP contribution in [-0.2, 0) is 23.7 Å². The van der Waals surface area contributed by atoms with Crippen LogP contribution in [-0.4, -0.2) is 74.1 Å². The lowest BCUT2D eigenvalue weighted by atomic mass is 9.69. The maximum atomic E-state index is 12.5. The highest BCUT2D eigenvalue weighted by molar-refractivity contribution is 5.68. The van der Waals surface area contributed by atoms with E-state index in [-0.39, 0.29) is 41.7 Å². The molecule has 4 rings (SSSR count). The van der Waals surface area contributed by atoms with E-state index in [0.29, 0.717) is 26.3 Å². The lowest BCUT2D eigenvalue weighted by Gasteiger charge is -2.37. The van der Waals surface area contributed by atoms with Crippen LogP contribution in [0.25, 0.3) is 0 Å². The average molecular weight is 395 g/mol. The van der Waals surface area contributed by atoms with E-state index in [1.165, 1.54) is 5.57 Å². The van der Waals surface area contributed by atoms with E-state index in [2.05, 4.69) is 26.8 Å². The van der Waals surface area contributed by atoms with Crippen molar-refractivity contribution in [2.45, 2.75) is 76.2 Å². The molecule has 1 aliphatic carbocycles. The summed E-state index contributed by atoms with van der Waals surface area (Å²) in [6, 6.07) is 0. The summed E-state index contributed by atoms with van der Waals surface area (Å²) in [5.74, 6) is 0.150. The molecule has 1 saturated carbocycles. The minimum atomic E-state index is -0.301. The average Bonchev–Trinajstić information content (AvgIpc) is 3.58. The third-order valence-corrected chi connectivity index (χ3v) is 6.77. The second-order valence-corrected chi connectivity index (χ2v) is 8.88. The number of methoxy groups -OCH3 is 1. The van der Waals surface area contributed by atoms with Gasteiger partial charge in [-0.05, 0) is 46.5 Å². The summed E-state index contributed by atoms with van der Waals surface area (Å²) >= 11 is 0. The molecule has 0 aromatic carbocycles. The molecule has 6 atom stereocenters. The van der Waals surface area contributed by atoms with Crippen molar-refractivity contribution < 1.29 is 28.5 Å². The molecule has 4 aliphatic rings. The van der Waals surface area contributed by atoms with Gasteiger partial charge in [0.15, 0.2) is 6.29 Å². The Labute approximate surface area is 167 Å². The van der Waals surface area contributed by atoms with Gasteiger partial charge in [-0.15, -0.1) is 0 Å². The van der Waals surface area contributed by atoms with Crippen molar-refractivity contribution in [3.05, 3.63) is 11.6 Å². The van der Waals surface area contributed by atoms with E-state index in [0.717, 1.165) is 25.7 Å². The molecular weight excluding hydrogens is 362 g/mol. The zero-order valence-corrected chi connectivity index (χ0v) is 17.4. The maximum Gasteiger partial charge on any atom is 0.410 e. The van der Waals surface area contributed by atoms with Crippen LogP contribution in [0.4, 0.5) is 4.79 Å². The second-order valence-electron chi connectivity index (χ2n) is 8.88. The summed E-state index contributed by atoms with van der Waals surface area (Å²) in [6.07, 6.45) is 5.15. The van der Waals surface area contributed by atoms with Gasteiger partial charge in [0.05, 0.1) is 24.9 Å². The predicted molar refractivity (Wildman–Crippen MR) is 102 cm³/mol. The topological polar surface area (TPSA) is 73.1 Å². The Morgan fingerprint density at radius 2 is 2.00 bits per heavy atom. The van der Waals surface area contributed by atoms with Gasteiger partial charge in [0.25, 0.3) is 0 Å². The molecule has 0 N–H and O–H groups in total. The van der Waals surface area contributed by atoms with Crippen LogP contribution in [0.3, 0.4) is 0 Å². The van der Waals surface area contributed by atoms with Gasteiger partial charge in [-0.2, -0.15) is 0 Å². The first-order chi connectivity index (χ1) is 13.4. The van der Waals surface area contributed by atoms with Crippen LogP contribution in [0, 0.1) is 5.92 Å². The van der Waals surface area contributed by atoms with Crippen molar-refractivity contribution in [2.75, 3.05) is 33.4 Å². The van der Waals surface area contributed by atoms with Gasteiger partial charge < -0.3 is 28.6 Å². The third kappa shape index (κ3) is 3.70. The smallest absolute Gasteiger partial charge is 0.410 e. The van der Waals surface area contributed by atoms with Crippen molar-refractivity contribution in [1.82, 2.24) is 4.90 Å². The van der Waals surface area contributed by atoms with E-state index in [1.54, 1.807) is 12.0 Å². The van der Waals surface area contributed by atoms with Gasteiger partial charge in [0.2, 0.25) is 0 Å². The molecule has 0 aromatic heterocycles. The molecule has 158 valence electrons. The number of carbonyl (C=O) groups excluding carboxylic acids is 1. The van der Waals surface area contributed by atoms with E-state index in [1.807, 2.05) is 0 Å². The molecule has 3 heterocycles. The highest BCUT2D eigenvalue weighted by atomic mass is 16.8. The number of ether oxygens (including phenoxy) is 5. The van der Waals surface area contributed by atoms with Gasteiger partial charge >= 0.3 is 6.09 Å². The predicted octanol–water partition coefficient (Wildman–Crippen LogP) is 2.88. The van der Waals surface area contributed by atoms with Gasteiger partial charge in [0.1, 0.15) is 11.7 Å². The Balaban J connectivity index is 1.42. The first-order valence-corrected chi connectivity index (χ1v) is 10.4. The van der Waals surface area contributed by atoms with Crippen molar-refractivity contribution in [1.29, 1.82) is 0 Å². The Bertz CT molecular complexity index is 628. The fraction of sp³-hybridized carbons (Fsp3) is 0.857. The van der Waals surface area contributed by atoms with Crippen molar-refractivity contribution in [3.8, 4) is 0 Å². The van der Waals surface area contributed by atoms with Gasteiger partial charge in [-0.3, -0.25) is 0 Å². The summed E-state index contributed by atoms with van der Waals surface area (Å²) in [5.41, 5.74) is 0.736. The molecule has 7 heteroatoms. The number of amides is 1. The first kappa shape index (κ1) is 20.1. The standard InChI is InChI=1S/C21H33NO6/c1-14(2)5-6-17-20(3,27-17)16-13-15(7-8-21(16)18(24-4)28-21)26-19(23)22-9-11-25-12-10-22/h5,15-18H,6-13H2,1-4H3. The minimum Gasteiger partial charge on any atom is -0.446 e. The molecule has 3 aliphatic heterocycles. The second kappa shape index (κ2) is 7.59. The van der Waals surface area contributed by atoms with Crippen LogP contribution in [0.5, 0.6) is 0 Å². The van der Waals surface area contributed by atoms with Crippen LogP contribution in [0.1, 0.15) is 46.5 Å². The number of allylic oxidation sites excluding steroid dienone is 1. The van der Waals surface area contributed by atoms with E-state index in [4.69, 9.17) is 23.7 Å². The summed E-state index contributed by atoms with van der Waals surface area (Å²) in [5, 5.41) is 0. The molecule has 0 aromatic rings. The Morgan fingerprint density at radius 3 is 2.64 bits per heavy atom. The van der Waals surface area contributed by atoms with Gasteiger partial charge in [-0.1, -0.05) is 11.6 Å². The van der Waals surface area contributed by atoms with Crippen LogP contribution >= 0.6 is 0 Å². The number of hydrogen-bond donors (Lipinski definition) is 0. The van der Waals surface area contributed by atoms with Crippen molar-refractivity contribution in [2.24, 2.45) is 5.92 Å². The largest absolute Gasteiger partial charge is 0.446 e. The highest BCUT2D eigenvalue weighted by Crippen LogP contribution is 2.62. The summed E-state index contributed by atoms with van der Waals surface area (Å²) in [6.45, 7) is 8.73. The van der Waals surface area contributed by atoms with Crippen LogP contribution in [0.2, 0.25) is 0 Å². The van der Waals surface area contributed by atoms with Crippen LogP contribution < -0.4 is 0 Å².